The van der Waals surface area contributed by atoms with Crippen LogP contribution < -0.4 is 10.6 Å². The Morgan fingerprint density at radius 2 is 1.93 bits per heavy atom. The lowest BCUT2D eigenvalue weighted by Crippen LogP contribution is -2.42. The number of amides is 1. The Kier molecular flexibility index (Phi) is 9.19. The van der Waals surface area contributed by atoms with Gasteiger partial charge in [-0.3, -0.25) is 9.79 Å². The van der Waals surface area contributed by atoms with Crippen molar-refractivity contribution in [3.8, 4) is 0 Å². The molecule has 7 nitrogen and oxygen atoms in total. The van der Waals surface area contributed by atoms with Crippen molar-refractivity contribution < 1.29 is 13.2 Å². The van der Waals surface area contributed by atoms with E-state index in [-0.39, 0.29) is 41.1 Å². The molecule has 0 bridgehead atoms. The molecule has 0 saturated heterocycles. The number of benzene rings is 1. The number of nitrogens with zero attached hydrogens (tertiary/aromatic N) is 2. The molecule has 2 rings (SSSR count). The highest BCUT2D eigenvalue weighted by molar-refractivity contribution is 14.0. The Bertz CT molecular complexity index is 805. The highest BCUT2D eigenvalue weighted by Gasteiger charge is 2.45. The first-order valence-electron chi connectivity index (χ1n) is 9.07. The number of nitrogens with one attached hydrogen (secondary N) is 2. The van der Waals surface area contributed by atoms with Crippen LogP contribution >= 0.6 is 24.0 Å². The van der Waals surface area contributed by atoms with Crippen molar-refractivity contribution in [2.45, 2.75) is 19.3 Å². The molecule has 0 unspecified atom stereocenters. The van der Waals surface area contributed by atoms with Crippen LogP contribution in [0.15, 0.2) is 29.3 Å². The third-order valence-electron chi connectivity index (χ3n) is 4.67. The number of hydrogen-bond donors (Lipinski definition) is 2. The molecule has 0 spiro atoms. The first kappa shape index (κ1) is 24.7. The minimum Gasteiger partial charge on any atom is -0.356 e. The van der Waals surface area contributed by atoms with Gasteiger partial charge in [-0.1, -0.05) is 12.1 Å². The van der Waals surface area contributed by atoms with Gasteiger partial charge in [0.2, 0.25) is 0 Å². The second-order valence-corrected chi connectivity index (χ2v) is 9.71. The van der Waals surface area contributed by atoms with Gasteiger partial charge in [0.25, 0.3) is 5.91 Å². The standard InChI is InChI=1S/C19H30N4O3S.HI/c1-20-18(22-13-19(9-10-19)14-27(4,25)26)21-11-8-15-6-5-7-16(12-15)17(24)23(2)3;/h5-7,12H,8-11,13-14H2,1-4H3,(H2,20,21,22);1H. The van der Waals surface area contributed by atoms with Crippen molar-refractivity contribution in [1.29, 1.82) is 0 Å². The molecular formula is C19H31IN4O3S. The number of hydrogen-bond acceptors (Lipinski definition) is 4. The van der Waals surface area contributed by atoms with Crippen LogP contribution in [0.25, 0.3) is 0 Å². The second-order valence-electron chi connectivity index (χ2n) is 7.57. The maximum absolute atomic E-state index is 12.0. The van der Waals surface area contributed by atoms with E-state index in [1.807, 2.05) is 24.3 Å². The van der Waals surface area contributed by atoms with Gasteiger partial charge in [0.1, 0.15) is 9.84 Å². The zero-order valence-corrected chi connectivity index (χ0v) is 20.1. The van der Waals surface area contributed by atoms with Crippen molar-refractivity contribution >= 4 is 45.7 Å². The number of rotatable bonds is 8. The normalized spacial score (nSPS) is 15.4. The third kappa shape index (κ3) is 7.94. The summed E-state index contributed by atoms with van der Waals surface area (Å²) in [5.41, 5.74) is 1.60. The Morgan fingerprint density at radius 1 is 1.25 bits per heavy atom. The van der Waals surface area contributed by atoms with Crippen molar-refractivity contribution in [2.75, 3.05) is 46.2 Å². The van der Waals surface area contributed by atoms with Gasteiger partial charge in [-0.05, 0) is 37.0 Å². The highest BCUT2D eigenvalue weighted by atomic mass is 127. The Morgan fingerprint density at radius 3 is 2.46 bits per heavy atom. The summed E-state index contributed by atoms with van der Waals surface area (Å²) in [5, 5.41) is 6.49. The molecule has 0 aromatic heterocycles. The van der Waals surface area contributed by atoms with Crippen molar-refractivity contribution in [3.05, 3.63) is 35.4 Å². The van der Waals surface area contributed by atoms with Gasteiger partial charge in [0.05, 0.1) is 5.75 Å². The molecule has 0 aliphatic heterocycles. The number of sulfone groups is 1. The van der Waals surface area contributed by atoms with Crippen molar-refractivity contribution in [2.24, 2.45) is 10.4 Å². The molecule has 1 fully saturated rings. The highest BCUT2D eigenvalue weighted by Crippen LogP contribution is 2.45. The number of guanidine groups is 1. The molecule has 28 heavy (non-hydrogen) atoms. The van der Waals surface area contributed by atoms with Crippen LogP contribution in [-0.4, -0.2) is 71.4 Å². The van der Waals surface area contributed by atoms with Crippen LogP contribution in [0.2, 0.25) is 0 Å². The summed E-state index contributed by atoms with van der Waals surface area (Å²) in [6, 6.07) is 7.61. The first-order valence-corrected chi connectivity index (χ1v) is 11.1. The number of halogens is 1. The topological polar surface area (TPSA) is 90.9 Å². The van der Waals surface area contributed by atoms with Crippen LogP contribution in [0.4, 0.5) is 0 Å². The van der Waals surface area contributed by atoms with Crippen LogP contribution in [-0.2, 0) is 16.3 Å². The van der Waals surface area contributed by atoms with E-state index < -0.39 is 9.84 Å². The zero-order chi connectivity index (χ0) is 20.1. The summed E-state index contributed by atoms with van der Waals surface area (Å²) < 4.78 is 23.1. The monoisotopic (exact) mass is 522 g/mol. The maximum Gasteiger partial charge on any atom is 0.253 e. The summed E-state index contributed by atoms with van der Waals surface area (Å²) in [6.45, 7) is 1.27. The minimum absolute atomic E-state index is 0. The molecule has 1 saturated carbocycles. The first-order chi connectivity index (χ1) is 12.6. The van der Waals surface area contributed by atoms with E-state index in [1.165, 1.54) is 6.26 Å². The van der Waals surface area contributed by atoms with E-state index in [0.29, 0.717) is 24.6 Å². The summed E-state index contributed by atoms with van der Waals surface area (Å²) in [5.74, 6) is 0.870. The minimum atomic E-state index is -2.98. The van der Waals surface area contributed by atoms with Crippen molar-refractivity contribution in [3.63, 3.8) is 0 Å². The van der Waals surface area contributed by atoms with Crippen LogP contribution in [0.5, 0.6) is 0 Å². The molecule has 0 heterocycles. The lowest BCUT2D eigenvalue weighted by atomic mass is 10.1. The van der Waals surface area contributed by atoms with Gasteiger partial charge < -0.3 is 15.5 Å². The van der Waals surface area contributed by atoms with Gasteiger partial charge in [-0.2, -0.15) is 0 Å². The molecule has 0 radical (unpaired) electrons. The van der Waals surface area contributed by atoms with E-state index in [0.717, 1.165) is 24.8 Å². The van der Waals surface area contributed by atoms with E-state index >= 15 is 0 Å². The summed E-state index contributed by atoms with van der Waals surface area (Å²) in [4.78, 5) is 17.8. The van der Waals surface area contributed by atoms with Gasteiger partial charge in [-0.15, -0.1) is 24.0 Å². The van der Waals surface area contributed by atoms with E-state index in [2.05, 4.69) is 15.6 Å². The molecule has 1 aromatic carbocycles. The largest absolute Gasteiger partial charge is 0.356 e. The fourth-order valence-electron chi connectivity index (χ4n) is 3.04. The molecule has 9 heteroatoms. The smallest absolute Gasteiger partial charge is 0.253 e. The average Bonchev–Trinajstić information content (AvgIpc) is 3.35. The summed E-state index contributed by atoms with van der Waals surface area (Å²) in [7, 11) is 2.20. The molecule has 1 aromatic rings. The molecule has 0 atom stereocenters. The van der Waals surface area contributed by atoms with Gasteiger partial charge >= 0.3 is 0 Å². The van der Waals surface area contributed by atoms with Gasteiger partial charge in [0, 0.05) is 51.5 Å². The second kappa shape index (κ2) is 10.4. The molecule has 1 aliphatic carbocycles. The quantitative estimate of drug-likeness (QED) is 0.307. The Labute approximate surface area is 185 Å². The Balaban J connectivity index is 0.00000392. The lowest BCUT2D eigenvalue weighted by molar-refractivity contribution is 0.0827. The molecule has 158 valence electrons. The van der Waals surface area contributed by atoms with Crippen LogP contribution in [0, 0.1) is 5.41 Å². The zero-order valence-electron chi connectivity index (χ0n) is 17.0. The average molecular weight is 522 g/mol. The van der Waals surface area contributed by atoms with E-state index in [9.17, 15) is 13.2 Å². The van der Waals surface area contributed by atoms with Gasteiger partial charge in [0.15, 0.2) is 5.96 Å². The number of carbonyl (C=O) groups is 1. The molecule has 1 amide bonds. The number of aliphatic imine (C=N–C) groups is 1. The predicted molar refractivity (Wildman–Crippen MR) is 124 cm³/mol. The number of carbonyl (C=O) groups excluding carboxylic acids is 1. The summed E-state index contributed by atoms with van der Waals surface area (Å²) in [6.07, 6.45) is 3.90. The predicted octanol–water partition coefficient (Wildman–Crippen LogP) is 1.54. The fourth-order valence-corrected chi connectivity index (χ4v) is 4.54. The molecular weight excluding hydrogens is 491 g/mol. The molecule has 2 N–H and O–H groups in total. The maximum atomic E-state index is 12.0. The molecule has 1 aliphatic rings. The Hall–Kier alpha value is -1.36. The summed E-state index contributed by atoms with van der Waals surface area (Å²) >= 11 is 0. The third-order valence-corrected chi connectivity index (χ3v) is 5.80. The van der Waals surface area contributed by atoms with E-state index in [1.54, 1.807) is 26.0 Å². The fraction of sp³-hybridized carbons (Fsp3) is 0.579. The van der Waals surface area contributed by atoms with Crippen LogP contribution in [0.1, 0.15) is 28.8 Å². The van der Waals surface area contributed by atoms with Crippen molar-refractivity contribution in [1.82, 2.24) is 15.5 Å². The SMILES string of the molecule is CN=C(NCCc1cccc(C(=O)N(C)C)c1)NCC1(CS(C)(=O)=O)CC1.I. The lowest BCUT2D eigenvalue weighted by Gasteiger charge is -2.18. The van der Waals surface area contributed by atoms with Gasteiger partial charge in [-0.25, -0.2) is 8.42 Å². The van der Waals surface area contributed by atoms with E-state index in [4.69, 9.17) is 0 Å². The van der Waals surface area contributed by atoms with Crippen LogP contribution in [0.3, 0.4) is 0 Å².